The minimum atomic E-state index is -0.680. The lowest BCUT2D eigenvalue weighted by molar-refractivity contribution is 0.0517. The number of oxime groups is 1. The molecule has 0 aliphatic carbocycles. The predicted octanol–water partition coefficient (Wildman–Crippen LogP) is 4.48. The van der Waals surface area contributed by atoms with Gasteiger partial charge in [0.2, 0.25) is 0 Å². The van der Waals surface area contributed by atoms with Crippen LogP contribution in [0.1, 0.15) is 21.5 Å². The standard InChI is InChI=1S/C19H12ClFN2O2/c20-16-5-1-13(2-6-16)18(14-9-11-22-12-10-14)23-25-19(24)15-3-7-17(21)8-4-15/h1-12H. The Morgan fingerprint density at radius 2 is 1.44 bits per heavy atom. The third kappa shape index (κ3) is 4.28. The van der Waals surface area contributed by atoms with Gasteiger partial charge in [0, 0.05) is 28.5 Å². The molecular weight excluding hydrogens is 343 g/mol. The van der Waals surface area contributed by atoms with Crippen molar-refractivity contribution in [1.29, 1.82) is 0 Å². The molecule has 0 bridgehead atoms. The lowest BCUT2D eigenvalue weighted by atomic mass is 10.0. The number of carbonyl (C=O) groups excluding carboxylic acids is 1. The highest BCUT2D eigenvalue weighted by molar-refractivity contribution is 6.30. The smallest absolute Gasteiger partial charge is 0.312 e. The number of halogens is 2. The zero-order chi connectivity index (χ0) is 17.6. The number of aromatic nitrogens is 1. The monoisotopic (exact) mass is 354 g/mol. The Labute approximate surface area is 148 Å². The number of hydrogen-bond donors (Lipinski definition) is 0. The number of pyridine rings is 1. The van der Waals surface area contributed by atoms with E-state index in [2.05, 4.69) is 10.1 Å². The number of hydrogen-bond acceptors (Lipinski definition) is 4. The highest BCUT2D eigenvalue weighted by atomic mass is 35.5. The van der Waals surface area contributed by atoms with E-state index in [1.54, 1.807) is 48.8 Å². The van der Waals surface area contributed by atoms with Crippen molar-refractivity contribution in [2.45, 2.75) is 0 Å². The summed E-state index contributed by atoms with van der Waals surface area (Å²) >= 11 is 5.92. The SMILES string of the molecule is O=C(ON=C(c1ccncc1)c1ccc(Cl)cc1)c1ccc(F)cc1. The minimum Gasteiger partial charge on any atom is -0.312 e. The van der Waals surface area contributed by atoms with E-state index in [9.17, 15) is 9.18 Å². The molecule has 0 amide bonds. The third-order valence-corrected chi connectivity index (χ3v) is 3.62. The molecule has 0 aliphatic rings. The van der Waals surface area contributed by atoms with Crippen molar-refractivity contribution in [1.82, 2.24) is 4.98 Å². The van der Waals surface area contributed by atoms with E-state index in [1.165, 1.54) is 24.3 Å². The Bertz CT molecular complexity index is 895. The van der Waals surface area contributed by atoms with Crippen LogP contribution >= 0.6 is 11.6 Å². The van der Waals surface area contributed by atoms with Gasteiger partial charge in [-0.25, -0.2) is 9.18 Å². The largest absolute Gasteiger partial charge is 0.365 e. The molecule has 1 aromatic heterocycles. The third-order valence-electron chi connectivity index (χ3n) is 3.37. The molecule has 0 aliphatic heterocycles. The Hall–Kier alpha value is -3.05. The molecular formula is C19H12ClFN2O2. The first kappa shape index (κ1) is 16.8. The van der Waals surface area contributed by atoms with Crippen LogP contribution in [0.4, 0.5) is 4.39 Å². The molecule has 0 saturated heterocycles. The van der Waals surface area contributed by atoms with E-state index >= 15 is 0 Å². The van der Waals surface area contributed by atoms with Gasteiger partial charge in [0.15, 0.2) is 0 Å². The number of rotatable bonds is 4. The van der Waals surface area contributed by atoms with Gasteiger partial charge >= 0.3 is 5.97 Å². The van der Waals surface area contributed by atoms with Crippen LogP contribution < -0.4 is 0 Å². The average Bonchev–Trinajstić information content (AvgIpc) is 2.64. The van der Waals surface area contributed by atoms with Crippen LogP contribution in [0.5, 0.6) is 0 Å². The maximum absolute atomic E-state index is 12.9. The Kier molecular flexibility index (Phi) is 5.16. The van der Waals surface area contributed by atoms with Crippen molar-refractivity contribution in [2.24, 2.45) is 5.16 Å². The van der Waals surface area contributed by atoms with Crippen LogP contribution in [0.25, 0.3) is 0 Å². The van der Waals surface area contributed by atoms with Crippen LogP contribution in [0, 0.1) is 5.82 Å². The summed E-state index contributed by atoms with van der Waals surface area (Å²) in [4.78, 5) is 21.1. The fraction of sp³-hybridized carbons (Fsp3) is 0. The van der Waals surface area contributed by atoms with Gasteiger partial charge < -0.3 is 4.84 Å². The van der Waals surface area contributed by atoms with Crippen molar-refractivity contribution in [3.05, 3.63) is 101 Å². The van der Waals surface area contributed by atoms with Crippen molar-refractivity contribution in [2.75, 3.05) is 0 Å². The minimum absolute atomic E-state index is 0.204. The van der Waals surface area contributed by atoms with E-state index in [4.69, 9.17) is 16.4 Å². The number of carbonyl (C=O) groups is 1. The van der Waals surface area contributed by atoms with E-state index in [0.717, 1.165) is 11.1 Å². The lowest BCUT2D eigenvalue weighted by Gasteiger charge is -2.07. The molecule has 2 aromatic carbocycles. The first-order valence-electron chi connectivity index (χ1n) is 7.35. The predicted molar refractivity (Wildman–Crippen MR) is 93.1 cm³/mol. The Morgan fingerprint density at radius 3 is 2.08 bits per heavy atom. The molecule has 1 heterocycles. The fourth-order valence-electron chi connectivity index (χ4n) is 2.12. The molecule has 124 valence electrons. The molecule has 0 N–H and O–H groups in total. The normalized spacial score (nSPS) is 11.2. The molecule has 3 aromatic rings. The van der Waals surface area contributed by atoms with Crippen LogP contribution in [-0.4, -0.2) is 16.7 Å². The van der Waals surface area contributed by atoms with Gasteiger partial charge in [-0.15, -0.1) is 0 Å². The van der Waals surface area contributed by atoms with E-state index in [1.807, 2.05) is 0 Å². The molecule has 0 unspecified atom stereocenters. The van der Waals surface area contributed by atoms with Crippen molar-refractivity contribution in [3.8, 4) is 0 Å². The molecule has 4 nitrogen and oxygen atoms in total. The highest BCUT2D eigenvalue weighted by Gasteiger charge is 2.11. The van der Waals surface area contributed by atoms with Crippen molar-refractivity contribution < 1.29 is 14.0 Å². The summed E-state index contributed by atoms with van der Waals surface area (Å²) in [5, 5.41) is 4.58. The van der Waals surface area contributed by atoms with Crippen molar-refractivity contribution >= 4 is 23.3 Å². The summed E-state index contributed by atoms with van der Waals surface area (Å²) < 4.78 is 12.9. The molecule has 25 heavy (non-hydrogen) atoms. The van der Waals surface area contributed by atoms with Gasteiger partial charge in [0.1, 0.15) is 11.5 Å². The topological polar surface area (TPSA) is 51.5 Å². The van der Waals surface area contributed by atoms with Crippen LogP contribution in [0.15, 0.2) is 78.2 Å². The molecule has 0 fully saturated rings. The number of nitrogens with zero attached hydrogens (tertiary/aromatic N) is 2. The summed E-state index contributed by atoms with van der Waals surface area (Å²) in [7, 11) is 0. The summed E-state index contributed by atoms with van der Waals surface area (Å²) in [5.41, 5.74) is 2.11. The first-order chi connectivity index (χ1) is 12.1. The fourth-order valence-corrected chi connectivity index (χ4v) is 2.24. The maximum Gasteiger partial charge on any atom is 0.365 e. The van der Waals surface area contributed by atoms with Gasteiger partial charge in [-0.05, 0) is 48.5 Å². The summed E-state index contributed by atoms with van der Waals surface area (Å²) in [6.45, 7) is 0. The zero-order valence-electron chi connectivity index (χ0n) is 12.9. The molecule has 0 radical (unpaired) electrons. The van der Waals surface area contributed by atoms with E-state index in [0.29, 0.717) is 10.7 Å². The first-order valence-corrected chi connectivity index (χ1v) is 7.72. The summed E-state index contributed by atoms with van der Waals surface area (Å²) in [6.07, 6.45) is 3.23. The van der Waals surface area contributed by atoms with Gasteiger partial charge in [0.25, 0.3) is 0 Å². The van der Waals surface area contributed by atoms with Gasteiger partial charge in [-0.2, -0.15) is 0 Å². The summed E-state index contributed by atoms with van der Waals surface area (Å²) in [5.74, 6) is -1.11. The quantitative estimate of drug-likeness (QED) is 0.394. The molecule has 0 atom stereocenters. The second-order valence-corrected chi connectivity index (χ2v) is 5.50. The Morgan fingerprint density at radius 1 is 0.880 bits per heavy atom. The maximum atomic E-state index is 12.9. The zero-order valence-corrected chi connectivity index (χ0v) is 13.7. The Balaban J connectivity index is 1.91. The molecule has 3 rings (SSSR count). The molecule has 6 heteroatoms. The second kappa shape index (κ2) is 7.68. The summed E-state index contributed by atoms with van der Waals surface area (Å²) in [6, 6.07) is 15.5. The van der Waals surface area contributed by atoms with Crippen LogP contribution in [0.3, 0.4) is 0 Å². The van der Waals surface area contributed by atoms with Crippen LogP contribution in [0.2, 0.25) is 5.02 Å². The average molecular weight is 355 g/mol. The lowest BCUT2D eigenvalue weighted by Crippen LogP contribution is -2.08. The molecule has 0 spiro atoms. The van der Waals surface area contributed by atoms with Crippen molar-refractivity contribution in [3.63, 3.8) is 0 Å². The highest BCUT2D eigenvalue weighted by Crippen LogP contribution is 2.15. The van der Waals surface area contributed by atoms with Gasteiger partial charge in [-0.1, -0.05) is 28.9 Å². The molecule has 0 saturated carbocycles. The van der Waals surface area contributed by atoms with E-state index in [-0.39, 0.29) is 5.56 Å². The van der Waals surface area contributed by atoms with E-state index < -0.39 is 11.8 Å². The van der Waals surface area contributed by atoms with Crippen LogP contribution in [-0.2, 0) is 4.84 Å². The van der Waals surface area contributed by atoms with Gasteiger partial charge in [-0.3, -0.25) is 4.98 Å². The number of benzene rings is 2. The second-order valence-electron chi connectivity index (χ2n) is 5.07. The van der Waals surface area contributed by atoms with Gasteiger partial charge in [0.05, 0.1) is 5.56 Å².